The number of nitrogens with zero attached hydrogens (tertiary/aromatic N) is 1. The standard InChI is InChI=1S/C36H37F2NO5/c1-42-35(40)9-5-6-19-39(24-26-10-16-30(17-11-26)36(41)43-2)20-18-29-7-3-4-8-34(29)44-25-27-12-14-28(15-13-27)31-21-32(37)23-33(38)22-31/h3-4,7-8,10-17,21-23H,5-6,9,18-20,24-25H2,1-2H3. The van der Waals surface area contributed by atoms with Crippen LogP contribution in [-0.2, 0) is 33.8 Å². The van der Waals surface area contributed by atoms with Gasteiger partial charge in [-0.3, -0.25) is 9.69 Å². The molecular formula is C36H37F2NO5. The number of carbonyl (C=O) groups is 2. The fourth-order valence-electron chi connectivity index (χ4n) is 4.90. The van der Waals surface area contributed by atoms with Gasteiger partial charge in [-0.15, -0.1) is 0 Å². The van der Waals surface area contributed by atoms with E-state index in [1.54, 1.807) is 12.1 Å². The minimum absolute atomic E-state index is 0.210. The highest BCUT2D eigenvalue weighted by atomic mass is 19.1. The first-order chi connectivity index (χ1) is 21.3. The van der Waals surface area contributed by atoms with Crippen molar-refractivity contribution in [3.05, 3.63) is 125 Å². The summed E-state index contributed by atoms with van der Waals surface area (Å²) in [6.07, 6.45) is 2.70. The number of hydrogen-bond donors (Lipinski definition) is 0. The van der Waals surface area contributed by atoms with Crippen molar-refractivity contribution in [2.45, 2.75) is 38.8 Å². The number of esters is 2. The maximum absolute atomic E-state index is 13.6. The largest absolute Gasteiger partial charge is 0.489 e. The lowest BCUT2D eigenvalue weighted by Gasteiger charge is -2.23. The lowest BCUT2D eigenvalue weighted by molar-refractivity contribution is -0.140. The van der Waals surface area contributed by atoms with E-state index in [0.717, 1.165) is 66.4 Å². The van der Waals surface area contributed by atoms with Crippen molar-refractivity contribution in [3.63, 3.8) is 0 Å². The Kier molecular flexibility index (Phi) is 12.0. The smallest absolute Gasteiger partial charge is 0.337 e. The zero-order valence-electron chi connectivity index (χ0n) is 25.1. The van der Waals surface area contributed by atoms with Gasteiger partial charge in [0.2, 0.25) is 0 Å². The Morgan fingerprint density at radius 3 is 2.09 bits per heavy atom. The van der Waals surface area contributed by atoms with E-state index in [1.807, 2.05) is 54.6 Å². The monoisotopic (exact) mass is 601 g/mol. The van der Waals surface area contributed by atoms with E-state index < -0.39 is 11.6 Å². The topological polar surface area (TPSA) is 65.1 Å². The zero-order chi connectivity index (χ0) is 31.3. The second-order valence-corrected chi connectivity index (χ2v) is 10.5. The number of carbonyl (C=O) groups excluding carboxylic acids is 2. The second kappa shape index (κ2) is 16.3. The number of rotatable bonds is 15. The first-order valence-electron chi connectivity index (χ1n) is 14.6. The highest BCUT2D eigenvalue weighted by Gasteiger charge is 2.12. The summed E-state index contributed by atoms with van der Waals surface area (Å²) in [5.74, 6) is -1.01. The molecule has 0 saturated heterocycles. The third-order valence-electron chi connectivity index (χ3n) is 7.33. The lowest BCUT2D eigenvalue weighted by Crippen LogP contribution is -2.27. The molecule has 8 heteroatoms. The number of para-hydroxylation sites is 1. The predicted molar refractivity (Wildman–Crippen MR) is 165 cm³/mol. The first-order valence-corrected chi connectivity index (χ1v) is 14.6. The van der Waals surface area contributed by atoms with Crippen LogP contribution in [0.3, 0.4) is 0 Å². The number of halogens is 2. The van der Waals surface area contributed by atoms with E-state index in [1.165, 1.54) is 26.4 Å². The molecule has 0 spiro atoms. The SMILES string of the molecule is COC(=O)CCCCN(CCc1ccccc1OCc1ccc(-c2cc(F)cc(F)c2)cc1)Cc1ccc(C(=O)OC)cc1. The number of ether oxygens (including phenoxy) is 3. The van der Waals surface area contributed by atoms with Crippen molar-refractivity contribution in [2.24, 2.45) is 0 Å². The van der Waals surface area contributed by atoms with E-state index >= 15 is 0 Å². The van der Waals surface area contributed by atoms with E-state index in [4.69, 9.17) is 14.2 Å². The molecule has 0 saturated carbocycles. The van der Waals surface area contributed by atoms with Gasteiger partial charge >= 0.3 is 11.9 Å². The molecule has 0 radical (unpaired) electrons. The molecule has 230 valence electrons. The van der Waals surface area contributed by atoms with Gasteiger partial charge in [-0.05, 0) is 84.0 Å². The Balaban J connectivity index is 1.38. The first kappa shape index (κ1) is 32.4. The molecule has 0 amide bonds. The Morgan fingerprint density at radius 2 is 1.41 bits per heavy atom. The van der Waals surface area contributed by atoms with Crippen LogP contribution in [0.25, 0.3) is 11.1 Å². The van der Waals surface area contributed by atoms with Gasteiger partial charge in [0.15, 0.2) is 0 Å². The molecule has 0 N–H and O–H groups in total. The fraction of sp³-hybridized carbons (Fsp3) is 0.278. The van der Waals surface area contributed by atoms with Gasteiger partial charge in [-0.2, -0.15) is 0 Å². The van der Waals surface area contributed by atoms with Crippen LogP contribution >= 0.6 is 0 Å². The summed E-state index contributed by atoms with van der Waals surface area (Å²) >= 11 is 0. The highest BCUT2D eigenvalue weighted by Crippen LogP contribution is 2.24. The Morgan fingerprint density at radius 1 is 0.727 bits per heavy atom. The molecule has 0 aromatic heterocycles. The summed E-state index contributed by atoms with van der Waals surface area (Å²) in [6, 6.07) is 26.2. The Bertz CT molecular complexity index is 1500. The van der Waals surface area contributed by atoms with Crippen LogP contribution in [0.15, 0.2) is 91.0 Å². The van der Waals surface area contributed by atoms with Crippen molar-refractivity contribution in [1.29, 1.82) is 0 Å². The molecule has 6 nitrogen and oxygen atoms in total. The van der Waals surface area contributed by atoms with Gasteiger partial charge in [0.25, 0.3) is 0 Å². The summed E-state index contributed by atoms with van der Waals surface area (Å²) in [5, 5.41) is 0. The van der Waals surface area contributed by atoms with Gasteiger partial charge in [0.1, 0.15) is 24.0 Å². The predicted octanol–water partition coefficient (Wildman–Crippen LogP) is 7.39. The second-order valence-electron chi connectivity index (χ2n) is 10.5. The van der Waals surface area contributed by atoms with Crippen molar-refractivity contribution in [2.75, 3.05) is 27.3 Å². The molecule has 4 aromatic rings. The zero-order valence-corrected chi connectivity index (χ0v) is 25.1. The van der Waals surface area contributed by atoms with Crippen LogP contribution in [0, 0.1) is 11.6 Å². The molecule has 0 unspecified atom stereocenters. The van der Waals surface area contributed by atoms with Crippen LogP contribution in [-0.4, -0.2) is 44.1 Å². The van der Waals surface area contributed by atoms with Gasteiger partial charge in [0.05, 0.1) is 19.8 Å². The van der Waals surface area contributed by atoms with Crippen LogP contribution in [0.4, 0.5) is 8.78 Å². The van der Waals surface area contributed by atoms with Crippen molar-refractivity contribution >= 4 is 11.9 Å². The maximum Gasteiger partial charge on any atom is 0.337 e. The quantitative estimate of drug-likeness (QED) is 0.105. The molecule has 0 bridgehead atoms. The molecule has 4 rings (SSSR count). The summed E-state index contributed by atoms with van der Waals surface area (Å²) < 4.78 is 43.1. The molecule has 0 fully saturated rings. The summed E-state index contributed by atoms with van der Waals surface area (Å²) in [6.45, 7) is 2.58. The molecule has 4 aromatic carbocycles. The minimum atomic E-state index is -0.611. The van der Waals surface area contributed by atoms with Crippen LogP contribution in [0.5, 0.6) is 5.75 Å². The van der Waals surface area contributed by atoms with Crippen molar-refractivity contribution in [3.8, 4) is 16.9 Å². The van der Waals surface area contributed by atoms with Crippen molar-refractivity contribution < 1.29 is 32.6 Å². The molecular weight excluding hydrogens is 564 g/mol. The highest BCUT2D eigenvalue weighted by molar-refractivity contribution is 5.89. The number of hydrogen-bond acceptors (Lipinski definition) is 6. The molecule has 0 atom stereocenters. The molecule has 44 heavy (non-hydrogen) atoms. The van der Waals surface area contributed by atoms with Crippen molar-refractivity contribution in [1.82, 2.24) is 4.90 Å². The summed E-state index contributed by atoms with van der Waals surface area (Å²) in [7, 11) is 2.76. The molecule has 0 aliphatic carbocycles. The molecule has 0 aliphatic heterocycles. The molecule has 0 aliphatic rings. The van der Waals surface area contributed by atoms with Crippen LogP contribution in [0.1, 0.15) is 46.3 Å². The number of methoxy groups -OCH3 is 2. The van der Waals surface area contributed by atoms with Gasteiger partial charge in [-0.1, -0.05) is 54.6 Å². The molecule has 0 heterocycles. The average molecular weight is 602 g/mol. The van der Waals surface area contributed by atoms with E-state index in [9.17, 15) is 18.4 Å². The lowest BCUT2D eigenvalue weighted by atomic mass is 10.0. The van der Waals surface area contributed by atoms with E-state index in [2.05, 4.69) is 11.0 Å². The number of unbranched alkanes of at least 4 members (excludes halogenated alkanes) is 1. The normalized spacial score (nSPS) is 10.9. The third-order valence-corrected chi connectivity index (χ3v) is 7.33. The Labute approximate surface area is 257 Å². The van der Waals surface area contributed by atoms with Crippen LogP contribution in [0.2, 0.25) is 0 Å². The third kappa shape index (κ3) is 9.74. The Hall–Kier alpha value is -4.56. The number of benzene rings is 4. The average Bonchev–Trinajstić information content (AvgIpc) is 3.04. The van der Waals surface area contributed by atoms with E-state index in [-0.39, 0.29) is 11.9 Å². The van der Waals surface area contributed by atoms with Crippen LogP contribution < -0.4 is 4.74 Å². The summed E-state index contributed by atoms with van der Waals surface area (Å²) in [5.41, 5.74) is 4.78. The van der Waals surface area contributed by atoms with Gasteiger partial charge in [0, 0.05) is 25.6 Å². The fourth-order valence-corrected chi connectivity index (χ4v) is 4.90. The van der Waals surface area contributed by atoms with Gasteiger partial charge < -0.3 is 14.2 Å². The minimum Gasteiger partial charge on any atom is -0.489 e. The van der Waals surface area contributed by atoms with E-state index in [0.29, 0.717) is 30.7 Å². The summed E-state index contributed by atoms with van der Waals surface area (Å²) in [4.78, 5) is 25.7. The maximum atomic E-state index is 13.6. The van der Waals surface area contributed by atoms with Gasteiger partial charge in [-0.25, -0.2) is 13.6 Å².